The van der Waals surface area contributed by atoms with Crippen LogP contribution in [0.1, 0.15) is 11.1 Å². The Morgan fingerprint density at radius 3 is 2.05 bits per heavy atom. The van der Waals surface area contributed by atoms with Crippen LogP contribution in [0, 0.1) is 11.6 Å². The molecule has 0 saturated carbocycles. The molecule has 0 aliphatic rings. The molecule has 1 unspecified atom stereocenters. The Morgan fingerprint density at radius 1 is 1.00 bits per heavy atom. The molecule has 4 N–H and O–H groups in total. The van der Waals surface area contributed by atoms with Gasteiger partial charge in [0.2, 0.25) is 0 Å². The molecule has 5 heteroatoms. The third kappa shape index (κ3) is 3.37. The topological polar surface area (TPSA) is 66.5 Å². The number of benzene rings is 2. The van der Waals surface area contributed by atoms with Crippen LogP contribution in [0.25, 0.3) is 0 Å². The highest BCUT2D eigenvalue weighted by atomic mass is 19.1. The highest BCUT2D eigenvalue weighted by molar-refractivity contribution is 5.33. The van der Waals surface area contributed by atoms with Crippen molar-refractivity contribution in [3.63, 3.8) is 0 Å². The second kappa shape index (κ2) is 6.20. The highest BCUT2D eigenvalue weighted by Crippen LogP contribution is 2.29. The molecule has 0 spiro atoms. The summed E-state index contributed by atoms with van der Waals surface area (Å²) < 4.78 is 26.9. The lowest BCUT2D eigenvalue weighted by atomic mass is 9.76. The zero-order valence-electron chi connectivity index (χ0n) is 11.4. The Bertz CT molecular complexity index is 590. The number of aliphatic hydroxyl groups excluding tert-OH is 1. The first-order chi connectivity index (χ1) is 9.99. The fraction of sp³-hybridized carbons (Fsp3) is 0.250. The number of hydrogen-bond acceptors (Lipinski definition) is 3. The minimum Gasteiger partial charge on any atom is -0.508 e. The smallest absolute Gasteiger partial charge is 0.126 e. The molecule has 1 atom stereocenters. The summed E-state index contributed by atoms with van der Waals surface area (Å²) in [6.07, 6.45) is 0.309. The molecule has 0 aromatic heterocycles. The summed E-state index contributed by atoms with van der Waals surface area (Å²) >= 11 is 0. The lowest BCUT2D eigenvalue weighted by Gasteiger charge is -2.31. The monoisotopic (exact) mass is 293 g/mol. The van der Waals surface area contributed by atoms with Crippen LogP contribution in [0.15, 0.2) is 42.5 Å². The van der Waals surface area contributed by atoms with E-state index in [2.05, 4.69) is 0 Å². The molecule has 2 aromatic rings. The standard InChI is InChI=1S/C16H17F2NO2/c17-13-5-12(6-14(18)7-13)16(9-19,10-20)8-11-1-3-15(21)4-2-11/h1-7,20-21H,8-10,19H2. The molecule has 0 bridgehead atoms. The molecule has 0 radical (unpaired) electrons. The van der Waals surface area contributed by atoms with Crippen molar-refractivity contribution in [1.29, 1.82) is 0 Å². The van der Waals surface area contributed by atoms with Gasteiger partial charge in [-0.3, -0.25) is 0 Å². The zero-order valence-corrected chi connectivity index (χ0v) is 11.4. The summed E-state index contributed by atoms with van der Waals surface area (Å²) in [5.74, 6) is -1.29. The maximum atomic E-state index is 13.4. The molecule has 0 saturated heterocycles. The predicted molar refractivity (Wildman–Crippen MR) is 76.0 cm³/mol. The summed E-state index contributed by atoms with van der Waals surface area (Å²) in [7, 11) is 0. The van der Waals surface area contributed by atoms with E-state index in [-0.39, 0.29) is 18.9 Å². The number of aliphatic hydroxyl groups is 1. The number of halogens is 2. The van der Waals surface area contributed by atoms with Crippen molar-refractivity contribution >= 4 is 0 Å². The van der Waals surface area contributed by atoms with Crippen molar-refractivity contribution in [1.82, 2.24) is 0 Å². The summed E-state index contributed by atoms with van der Waals surface area (Å²) in [6.45, 7) is -0.305. The van der Waals surface area contributed by atoms with Crippen molar-refractivity contribution in [3.05, 3.63) is 65.2 Å². The maximum Gasteiger partial charge on any atom is 0.126 e. The zero-order chi connectivity index (χ0) is 15.5. The van der Waals surface area contributed by atoms with Gasteiger partial charge in [-0.2, -0.15) is 0 Å². The van der Waals surface area contributed by atoms with Gasteiger partial charge in [0, 0.05) is 18.0 Å². The SMILES string of the molecule is NCC(CO)(Cc1ccc(O)cc1)c1cc(F)cc(F)c1. The Morgan fingerprint density at radius 2 is 1.57 bits per heavy atom. The van der Waals surface area contributed by atoms with Gasteiger partial charge in [0.05, 0.1) is 6.61 Å². The van der Waals surface area contributed by atoms with E-state index in [4.69, 9.17) is 5.73 Å². The molecule has 0 aliphatic heterocycles. The van der Waals surface area contributed by atoms with Crippen molar-refractivity contribution in [2.45, 2.75) is 11.8 Å². The van der Waals surface area contributed by atoms with Gasteiger partial charge in [-0.15, -0.1) is 0 Å². The van der Waals surface area contributed by atoms with Crippen LogP contribution in [0.2, 0.25) is 0 Å². The van der Waals surface area contributed by atoms with E-state index in [0.717, 1.165) is 11.6 Å². The Kier molecular flexibility index (Phi) is 4.55. The van der Waals surface area contributed by atoms with Gasteiger partial charge in [0.15, 0.2) is 0 Å². The molecular weight excluding hydrogens is 276 g/mol. The Balaban J connectivity index is 2.41. The molecule has 21 heavy (non-hydrogen) atoms. The van der Waals surface area contributed by atoms with E-state index < -0.39 is 17.0 Å². The van der Waals surface area contributed by atoms with Crippen molar-refractivity contribution in [2.75, 3.05) is 13.2 Å². The molecule has 112 valence electrons. The summed E-state index contributed by atoms with van der Waals surface area (Å²) in [4.78, 5) is 0. The largest absolute Gasteiger partial charge is 0.508 e. The van der Waals surface area contributed by atoms with E-state index in [9.17, 15) is 19.0 Å². The number of phenols is 1. The van der Waals surface area contributed by atoms with E-state index in [1.54, 1.807) is 12.1 Å². The maximum absolute atomic E-state index is 13.4. The number of rotatable bonds is 5. The first-order valence-electron chi connectivity index (χ1n) is 6.54. The van der Waals surface area contributed by atoms with E-state index in [1.807, 2.05) is 0 Å². The van der Waals surface area contributed by atoms with Crippen LogP contribution >= 0.6 is 0 Å². The van der Waals surface area contributed by atoms with Crippen LogP contribution in [-0.4, -0.2) is 23.4 Å². The van der Waals surface area contributed by atoms with Gasteiger partial charge in [-0.25, -0.2) is 8.78 Å². The lowest BCUT2D eigenvalue weighted by Crippen LogP contribution is -2.41. The van der Waals surface area contributed by atoms with Gasteiger partial charge in [0.25, 0.3) is 0 Å². The van der Waals surface area contributed by atoms with Crippen LogP contribution in [0.4, 0.5) is 8.78 Å². The van der Waals surface area contributed by atoms with Crippen molar-refractivity contribution in [3.8, 4) is 5.75 Å². The normalized spacial score (nSPS) is 13.9. The van der Waals surface area contributed by atoms with Crippen LogP contribution in [-0.2, 0) is 11.8 Å². The summed E-state index contributed by atoms with van der Waals surface area (Å²) in [5, 5.41) is 19.0. The third-order valence-electron chi connectivity index (χ3n) is 3.65. The van der Waals surface area contributed by atoms with E-state index in [0.29, 0.717) is 12.0 Å². The third-order valence-corrected chi connectivity index (χ3v) is 3.65. The van der Waals surface area contributed by atoms with Crippen LogP contribution < -0.4 is 5.73 Å². The molecule has 0 amide bonds. The van der Waals surface area contributed by atoms with E-state index >= 15 is 0 Å². The second-order valence-corrected chi connectivity index (χ2v) is 5.14. The van der Waals surface area contributed by atoms with Gasteiger partial charge < -0.3 is 15.9 Å². The minimum absolute atomic E-state index is 0.0350. The quantitative estimate of drug-likeness (QED) is 0.791. The Labute approximate surface area is 121 Å². The van der Waals surface area contributed by atoms with Gasteiger partial charge >= 0.3 is 0 Å². The molecule has 2 rings (SSSR count). The van der Waals surface area contributed by atoms with Crippen LogP contribution in [0.3, 0.4) is 0 Å². The number of phenolic OH excluding ortho intramolecular Hbond substituents is 1. The molecule has 0 aliphatic carbocycles. The molecule has 2 aromatic carbocycles. The average molecular weight is 293 g/mol. The fourth-order valence-electron chi connectivity index (χ4n) is 2.37. The van der Waals surface area contributed by atoms with Gasteiger partial charge in [-0.1, -0.05) is 12.1 Å². The number of nitrogens with two attached hydrogens (primary N) is 1. The fourth-order valence-corrected chi connectivity index (χ4v) is 2.37. The lowest BCUT2D eigenvalue weighted by molar-refractivity contribution is 0.195. The first-order valence-corrected chi connectivity index (χ1v) is 6.54. The molecular formula is C16H17F2NO2. The Hall–Kier alpha value is -1.98. The minimum atomic E-state index is -0.972. The first kappa shape index (κ1) is 15.4. The summed E-state index contributed by atoms with van der Waals surface area (Å²) in [6, 6.07) is 9.55. The van der Waals surface area contributed by atoms with Gasteiger partial charge in [-0.05, 0) is 41.8 Å². The average Bonchev–Trinajstić information content (AvgIpc) is 2.46. The summed E-state index contributed by atoms with van der Waals surface area (Å²) in [5.41, 5.74) is 5.92. The van der Waals surface area contributed by atoms with Crippen molar-refractivity contribution < 1.29 is 19.0 Å². The number of hydrogen-bond donors (Lipinski definition) is 3. The van der Waals surface area contributed by atoms with Crippen LogP contribution in [0.5, 0.6) is 5.75 Å². The predicted octanol–water partition coefficient (Wildman–Crippen LogP) is 2.10. The molecule has 0 heterocycles. The highest BCUT2D eigenvalue weighted by Gasteiger charge is 2.31. The molecule has 0 fully saturated rings. The second-order valence-electron chi connectivity index (χ2n) is 5.14. The van der Waals surface area contributed by atoms with Gasteiger partial charge in [0.1, 0.15) is 17.4 Å². The van der Waals surface area contributed by atoms with Crippen molar-refractivity contribution in [2.24, 2.45) is 5.73 Å². The number of aromatic hydroxyl groups is 1. The molecule has 3 nitrogen and oxygen atoms in total. The van der Waals surface area contributed by atoms with E-state index in [1.165, 1.54) is 24.3 Å².